The number of amides is 1. The fraction of sp³-hybridized carbons (Fsp3) is 0.333. The Bertz CT molecular complexity index is 802. The molecule has 0 saturated heterocycles. The third kappa shape index (κ3) is 3.13. The number of sulfonamides is 1. The first kappa shape index (κ1) is 15.7. The number of imidazole rings is 1. The Labute approximate surface area is 135 Å². The molecule has 1 N–H and O–H groups in total. The van der Waals surface area contributed by atoms with Gasteiger partial charge in [-0.15, -0.1) is 0 Å². The van der Waals surface area contributed by atoms with Crippen LogP contribution in [-0.4, -0.2) is 53.6 Å². The topological polar surface area (TPSA) is 86.4 Å². The highest BCUT2D eigenvalue weighted by atomic mass is 32.2. The highest BCUT2D eigenvalue weighted by molar-refractivity contribution is 7.89. The van der Waals surface area contributed by atoms with Gasteiger partial charge in [-0.3, -0.25) is 4.79 Å². The predicted molar refractivity (Wildman–Crippen MR) is 84.0 cm³/mol. The molecule has 23 heavy (non-hydrogen) atoms. The van der Waals surface area contributed by atoms with Crippen LogP contribution in [0.4, 0.5) is 0 Å². The molecule has 1 aliphatic rings. The molecule has 0 unspecified atom stereocenters. The zero-order valence-corrected chi connectivity index (χ0v) is 13.6. The molecule has 0 saturated carbocycles. The number of benzene rings is 1. The molecule has 3 rings (SSSR count). The number of carbonyl (C=O) groups is 1. The summed E-state index contributed by atoms with van der Waals surface area (Å²) in [5.74, 6) is -0.204. The summed E-state index contributed by atoms with van der Waals surface area (Å²) in [5.41, 5.74) is 2.36. The van der Waals surface area contributed by atoms with Crippen LogP contribution in [0.25, 0.3) is 0 Å². The Morgan fingerprint density at radius 3 is 2.78 bits per heavy atom. The lowest BCUT2D eigenvalue weighted by Gasteiger charge is -2.30. The molecule has 0 bridgehead atoms. The fourth-order valence-electron chi connectivity index (χ4n) is 2.64. The second-order valence-corrected chi connectivity index (χ2v) is 7.52. The number of aromatic nitrogens is 2. The Hall–Kier alpha value is -2.19. The maximum Gasteiger partial charge on any atom is 0.260 e. The van der Waals surface area contributed by atoms with Crippen LogP contribution < -0.4 is 0 Å². The van der Waals surface area contributed by atoms with Gasteiger partial charge < -0.3 is 9.88 Å². The molecule has 1 aromatic carbocycles. The number of nitrogens with one attached hydrogen (secondary N) is 1. The van der Waals surface area contributed by atoms with Gasteiger partial charge >= 0.3 is 0 Å². The minimum atomic E-state index is -3.72. The van der Waals surface area contributed by atoms with Crippen molar-refractivity contribution in [3.63, 3.8) is 0 Å². The van der Waals surface area contributed by atoms with Crippen LogP contribution in [-0.2, 0) is 27.8 Å². The monoisotopic (exact) mass is 334 g/mol. The predicted octanol–water partition coefficient (Wildman–Crippen LogP) is 0.615. The molecule has 0 radical (unpaired) electrons. The van der Waals surface area contributed by atoms with Gasteiger partial charge in [0.15, 0.2) is 5.03 Å². The zero-order valence-electron chi connectivity index (χ0n) is 12.8. The fourth-order valence-corrected chi connectivity index (χ4v) is 3.65. The largest absolute Gasteiger partial charge is 0.337 e. The van der Waals surface area contributed by atoms with Gasteiger partial charge in [0.2, 0.25) is 5.91 Å². The number of aromatic amines is 1. The summed E-state index contributed by atoms with van der Waals surface area (Å²) < 4.78 is 25.6. The zero-order chi connectivity index (χ0) is 16.4. The maximum atomic E-state index is 12.4. The number of likely N-dealkylation sites (N-methyl/N-ethyl adjacent to an activating group) is 1. The Morgan fingerprint density at radius 2 is 2.09 bits per heavy atom. The van der Waals surface area contributed by atoms with Crippen LogP contribution in [0.1, 0.15) is 11.1 Å². The van der Waals surface area contributed by atoms with E-state index < -0.39 is 10.0 Å². The van der Waals surface area contributed by atoms with Gasteiger partial charge in [-0.1, -0.05) is 24.3 Å². The van der Waals surface area contributed by atoms with Crippen LogP contribution in [0.15, 0.2) is 41.8 Å². The lowest BCUT2D eigenvalue weighted by Crippen LogP contribution is -2.43. The third-order valence-electron chi connectivity index (χ3n) is 4.00. The van der Waals surface area contributed by atoms with Gasteiger partial charge in [0.25, 0.3) is 10.0 Å². The van der Waals surface area contributed by atoms with Crippen molar-refractivity contribution < 1.29 is 13.2 Å². The quantitative estimate of drug-likeness (QED) is 0.888. The highest BCUT2D eigenvalue weighted by Crippen LogP contribution is 2.19. The van der Waals surface area contributed by atoms with Crippen LogP contribution in [0.5, 0.6) is 0 Å². The highest BCUT2D eigenvalue weighted by Gasteiger charge is 2.27. The molecule has 1 aliphatic heterocycles. The second kappa shape index (κ2) is 6.13. The van der Waals surface area contributed by atoms with Gasteiger partial charge in [0.05, 0.1) is 19.1 Å². The molecule has 122 valence electrons. The first-order valence-corrected chi connectivity index (χ1v) is 8.72. The number of rotatable bonds is 4. The number of nitrogens with zero attached hydrogens (tertiary/aromatic N) is 3. The normalized spacial score (nSPS) is 14.8. The van der Waals surface area contributed by atoms with Crippen molar-refractivity contribution >= 4 is 15.9 Å². The van der Waals surface area contributed by atoms with E-state index in [0.29, 0.717) is 13.1 Å². The van der Waals surface area contributed by atoms with Crippen LogP contribution in [0.3, 0.4) is 0 Å². The molecule has 0 atom stereocenters. The minimum Gasteiger partial charge on any atom is -0.337 e. The number of fused-ring (bicyclic) bond motifs is 1. The van der Waals surface area contributed by atoms with Crippen molar-refractivity contribution in [3.8, 4) is 0 Å². The van der Waals surface area contributed by atoms with E-state index in [1.54, 1.807) is 4.90 Å². The van der Waals surface area contributed by atoms with Crippen molar-refractivity contribution in [2.45, 2.75) is 18.0 Å². The van der Waals surface area contributed by atoms with E-state index in [1.165, 1.54) is 25.1 Å². The van der Waals surface area contributed by atoms with Gasteiger partial charge in [0, 0.05) is 20.1 Å². The van der Waals surface area contributed by atoms with E-state index in [1.807, 2.05) is 18.2 Å². The summed E-state index contributed by atoms with van der Waals surface area (Å²) in [4.78, 5) is 20.4. The van der Waals surface area contributed by atoms with Gasteiger partial charge in [-0.25, -0.2) is 13.4 Å². The second-order valence-electron chi connectivity index (χ2n) is 5.51. The molecular formula is C15H18N4O3S. The number of hydrogen-bond acceptors (Lipinski definition) is 4. The average molecular weight is 334 g/mol. The van der Waals surface area contributed by atoms with Gasteiger partial charge in [-0.05, 0) is 17.5 Å². The molecule has 2 aromatic rings. The Balaban J connectivity index is 1.68. The maximum absolute atomic E-state index is 12.4. The van der Waals surface area contributed by atoms with E-state index in [0.717, 1.165) is 16.3 Å². The van der Waals surface area contributed by atoms with Gasteiger partial charge in [0.1, 0.15) is 0 Å². The molecule has 0 spiro atoms. The summed E-state index contributed by atoms with van der Waals surface area (Å²) in [7, 11) is -2.33. The summed E-state index contributed by atoms with van der Waals surface area (Å²) in [6, 6.07) is 7.99. The van der Waals surface area contributed by atoms with Crippen LogP contribution >= 0.6 is 0 Å². The van der Waals surface area contributed by atoms with Crippen LogP contribution in [0, 0.1) is 0 Å². The lowest BCUT2D eigenvalue weighted by atomic mass is 10.00. The average Bonchev–Trinajstić information content (AvgIpc) is 3.09. The molecule has 1 aromatic heterocycles. The van der Waals surface area contributed by atoms with E-state index in [4.69, 9.17) is 0 Å². The number of carbonyl (C=O) groups excluding carboxylic acids is 1. The van der Waals surface area contributed by atoms with Crippen molar-refractivity contribution in [2.75, 3.05) is 20.1 Å². The SMILES string of the molecule is CN(CC(=O)N1CCc2ccccc2C1)S(=O)(=O)c1cnc[nH]1. The van der Waals surface area contributed by atoms with Crippen LogP contribution in [0.2, 0.25) is 0 Å². The van der Waals surface area contributed by atoms with Gasteiger partial charge in [-0.2, -0.15) is 4.31 Å². The summed E-state index contributed by atoms with van der Waals surface area (Å²) >= 11 is 0. The van der Waals surface area contributed by atoms with Crippen molar-refractivity contribution in [2.24, 2.45) is 0 Å². The molecule has 1 amide bonds. The molecule has 7 nitrogen and oxygen atoms in total. The van der Waals surface area contributed by atoms with E-state index in [2.05, 4.69) is 16.0 Å². The Morgan fingerprint density at radius 1 is 1.35 bits per heavy atom. The minimum absolute atomic E-state index is 0.0169. The smallest absolute Gasteiger partial charge is 0.260 e. The molecule has 0 fully saturated rings. The molecule has 8 heteroatoms. The molecule has 2 heterocycles. The molecule has 0 aliphatic carbocycles. The third-order valence-corrected chi connectivity index (χ3v) is 5.73. The van der Waals surface area contributed by atoms with E-state index in [9.17, 15) is 13.2 Å². The number of hydrogen-bond donors (Lipinski definition) is 1. The van der Waals surface area contributed by atoms with Crippen molar-refractivity contribution in [3.05, 3.63) is 47.9 Å². The van der Waals surface area contributed by atoms with E-state index >= 15 is 0 Å². The van der Waals surface area contributed by atoms with E-state index in [-0.39, 0.29) is 17.5 Å². The van der Waals surface area contributed by atoms with Crippen molar-refractivity contribution in [1.29, 1.82) is 0 Å². The summed E-state index contributed by atoms with van der Waals surface area (Å²) in [6.07, 6.45) is 3.32. The summed E-state index contributed by atoms with van der Waals surface area (Å²) in [6.45, 7) is 0.935. The first-order chi connectivity index (χ1) is 11.0. The standard InChI is InChI=1S/C15H18N4O3S/c1-18(23(21,22)14-8-16-11-17-14)10-15(20)19-7-6-12-4-2-3-5-13(12)9-19/h2-5,8,11H,6-7,9-10H2,1H3,(H,16,17). The number of H-pyrrole nitrogens is 1. The lowest BCUT2D eigenvalue weighted by molar-refractivity contribution is -0.132. The Kier molecular flexibility index (Phi) is 4.18. The first-order valence-electron chi connectivity index (χ1n) is 7.28. The summed E-state index contributed by atoms with van der Waals surface area (Å²) in [5, 5.41) is -0.0169. The van der Waals surface area contributed by atoms with Crippen molar-refractivity contribution in [1.82, 2.24) is 19.2 Å². The molecular weight excluding hydrogens is 316 g/mol.